The van der Waals surface area contributed by atoms with E-state index in [0.717, 1.165) is 29.8 Å². The third kappa shape index (κ3) is 3.28. The fourth-order valence-corrected chi connectivity index (χ4v) is 2.19. The number of hydrogen-bond donors (Lipinski definition) is 1. The minimum atomic E-state index is 0.627. The molecular formula is C17H19N3O. The van der Waals surface area contributed by atoms with Gasteiger partial charge >= 0.3 is 0 Å². The zero-order chi connectivity index (χ0) is 14.7. The predicted molar refractivity (Wildman–Crippen MR) is 83.8 cm³/mol. The largest absolute Gasteiger partial charge is 0.453 e. The Morgan fingerprint density at radius 3 is 2.86 bits per heavy atom. The number of para-hydroxylation sites is 1. The Hall–Kier alpha value is -2.20. The van der Waals surface area contributed by atoms with Gasteiger partial charge in [-0.1, -0.05) is 32.0 Å². The van der Waals surface area contributed by atoms with Crippen molar-refractivity contribution >= 4 is 11.0 Å². The summed E-state index contributed by atoms with van der Waals surface area (Å²) in [7, 11) is 0. The number of rotatable bonds is 5. The van der Waals surface area contributed by atoms with Crippen molar-refractivity contribution < 1.29 is 4.42 Å². The normalized spacial score (nSPS) is 11.4. The number of nitrogens with zero attached hydrogens (tertiary/aromatic N) is 2. The zero-order valence-corrected chi connectivity index (χ0v) is 12.3. The van der Waals surface area contributed by atoms with Crippen LogP contribution in [0, 0.1) is 5.92 Å². The van der Waals surface area contributed by atoms with Gasteiger partial charge < -0.3 is 9.73 Å². The van der Waals surface area contributed by atoms with Crippen molar-refractivity contribution in [2.45, 2.75) is 20.4 Å². The van der Waals surface area contributed by atoms with E-state index in [1.807, 2.05) is 36.4 Å². The maximum absolute atomic E-state index is 5.81. The second kappa shape index (κ2) is 6.06. The van der Waals surface area contributed by atoms with Crippen LogP contribution >= 0.6 is 0 Å². The highest BCUT2D eigenvalue weighted by Gasteiger charge is 2.09. The minimum Gasteiger partial charge on any atom is -0.453 e. The topological polar surface area (TPSA) is 51.0 Å². The van der Waals surface area contributed by atoms with Crippen LogP contribution in [0.5, 0.6) is 0 Å². The molecule has 0 atom stereocenters. The number of furan rings is 1. The molecule has 0 saturated heterocycles. The van der Waals surface area contributed by atoms with Crippen molar-refractivity contribution in [2.75, 3.05) is 6.54 Å². The summed E-state index contributed by atoms with van der Waals surface area (Å²) < 4.78 is 5.81. The van der Waals surface area contributed by atoms with Crippen molar-refractivity contribution in [3.05, 3.63) is 48.3 Å². The summed E-state index contributed by atoms with van der Waals surface area (Å²) in [6, 6.07) is 11.8. The average Bonchev–Trinajstić information content (AvgIpc) is 2.91. The number of hydrogen-bond acceptors (Lipinski definition) is 4. The molecule has 2 heterocycles. The molecule has 3 aromatic rings. The van der Waals surface area contributed by atoms with Gasteiger partial charge in [-0.25, -0.2) is 9.97 Å². The fourth-order valence-electron chi connectivity index (χ4n) is 2.19. The van der Waals surface area contributed by atoms with Gasteiger partial charge in [0.1, 0.15) is 5.58 Å². The predicted octanol–water partition coefficient (Wildman–Crippen LogP) is 3.64. The van der Waals surface area contributed by atoms with Crippen LogP contribution < -0.4 is 5.32 Å². The SMILES string of the molecule is CC(C)CNCc1ccnc(-c2cc3ccccc3o2)n1. The Kier molecular flexibility index (Phi) is 3.97. The van der Waals surface area contributed by atoms with Crippen molar-refractivity contribution in [2.24, 2.45) is 5.92 Å². The van der Waals surface area contributed by atoms with Crippen LogP contribution in [0.1, 0.15) is 19.5 Å². The van der Waals surface area contributed by atoms with E-state index >= 15 is 0 Å². The monoisotopic (exact) mass is 281 g/mol. The molecule has 0 bridgehead atoms. The maximum atomic E-state index is 5.81. The molecule has 108 valence electrons. The lowest BCUT2D eigenvalue weighted by atomic mass is 10.2. The molecule has 4 heteroatoms. The second-order valence-corrected chi connectivity index (χ2v) is 5.54. The number of aromatic nitrogens is 2. The standard InChI is InChI=1S/C17H19N3O/c1-12(2)10-18-11-14-7-8-19-17(20-14)16-9-13-5-3-4-6-15(13)21-16/h3-9,12,18H,10-11H2,1-2H3. The Bertz CT molecular complexity index is 700. The molecule has 1 N–H and O–H groups in total. The number of benzene rings is 1. The lowest BCUT2D eigenvalue weighted by Gasteiger charge is -2.07. The molecule has 2 aromatic heterocycles. The average molecular weight is 281 g/mol. The first-order chi connectivity index (χ1) is 10.2. The van der Waals surface area contributed by atoms with Crippen LogP contribution in [0.25, 0.3) is 22.6 Å². The molecule has 0 aliphatic rings. The van der Waals surface area contributed by atoms with E-state index in [1.54, 1.807) is 6.20 Å². The quantitative estimate of drug-likeness (QED) is 0.775. The molecule has 0 radical (unpaired) electrons. The summed E-state index contributed by atoms with van der Waals surface area (Å²) >= 11 is 0. The van der Waals surface area contributed by atoms with Gasteiger partial charge in [-0.15, -0.1) is 0 Å². The van der Waals surface area contributed by atoms with E-state index in [4.69, 9.17) is 4.42 Å². The van der Waals surface area contributed by atoms with Crippen LogP contribution in [-0.2, 0) is 6.54 Å². The van der Waals surface area contributed by atoms with Crippen molar-refractivity contribution in [1.29, 1.82) is 0 Å². The number of nitrogens with one attached hydrogen (secondary N) is 1. The van der Waals surface area contributed by atoms with E-state index < -0.39 is 0 Å². The van der Waals surface area contributed by atoms with Gasteiger partial charge in [-0.2, -0.15) is 0 Å². The highest BCUT2D eigenvalue weighted by atomic mass is 16.3. The summed E-state index contributed by atoms with van der Waals surface area (Å²) in [5.41, 5.74) is 1.83. The van der Waals surface area contributed by atoms with Crippen molar-refractivity contribution in [3.63, 3.8) is 0 Å². The molecular weight excluding hydrogens is 262 g/mol. The van der Waals surface area contributed by atoms with E-state index in [2.05, 4.69) is 29.1 Å². The summed E-state index contributed by atoms with van der Waals surface area (Å²) in [6.07, 6.45) is 1.78. The molecule has 4 nitrogen and oxygen atoms in total. The van der Waals surface area contributed by atoms with Crippen LogP contribution in [0.15, 0.2) is 47.0 Å². The number of fused-ring (bicyclic) bond motifs is 1. The lowest BCUT2D eigenvalue weighted by Crippen LogP contribution is -2.19. The van der Waals surface area contributed by atoms with Gasteiger partial charge in [0.15, 0.2) is 11.6 Å². The van der Waals surface area contributed by atoms with Crippen LogP contribution in [0.3, 0.4) is 0 Å². The first kappa shape index (κ1) is 13.8. The van der Waals surface area contributed by atoms with Crippen molar-refractivity contribution in [3.8, 4) is 11.6 Å². The van der Waals surface area contributed by atoms with Gasteiger partial charge in [0, 0.05) is 18.1 Å². The van der Waals surface area contributed by atoms with E-state index in [0.29, 0.717) is 17.5 Å². The Morgan fingerprint density at radius 2 is 2.05 bits per heavy atom. The summed E-state index contributed by atoms with van der Waals surface area (Å²) in [6.45, 7) is 6.09. The fraction of sp³-hybridized carbons (Fsp3) is 0.294. The molecule has 0 saturated carbocycles. The smallest absolute Gasteiger partial charge is 0.195 e. The summed E-state index contributed by atoms with van der Waals surface area (Å²) in [5, 5.41) is 4.45. The molecule has 21 heavy (non-hydrogen) atoms. The zero-order valence-electron chi connectivity index (χ0n) is 12.3. The van der Waals surface area contributed by atoms with Crippen LogP contribution in [0.2, 0.25) is 0 Å². The van der Waals surface area contributed by atoms with Gasteiger partial charge in [0.2, 0.25) is 0 Å². The lowest BCUT2D eigenvalue weighted by molar-refractivity contribution is 0.547. The first-order valence-corrected chi connectivity index (χ1v) is 7.24. The van der Waals surface area contributed by atoms with Crippen LogP contribution in [0.4, 0.5) is 0 Å². The van der Waals surface area contributed by atoms with E-state index in [1.165, 1.54) is 0 Å². The van der Waals surface area contributed by atoms with Gasteiger partial charge in [0.05, 0.1) is 5.69 Å². The van der Waals surface area contributed by atoms with Gasteiger partial charge in [0.25, 0.3) is 0 Å². The Labute approximate surface area is 124 Å². The molecule has 0 spiro atoms. The highest BCUT2D eigenvalue weighted by Crippen LogP contribution is 2.25. The molecule has 0 aliphatic heterocycles. The third-order valence-electron chi connectivity index (χ3n) is 3.22. The van der Waals surface area contributed by atoms with Crippen LogP contribution in [-0.4, -0.2) is 16.5 Å². The summed E-state index contributed by atoms with van der Waals surface area (Å²) in [4.78, 5) is 8.88. The van der Waals surface area contributed by atoms with E-state index in [9.17, 15) is 0 Å². The minimum absolute atomic E-state index is 0.627. The second-order valence-electron chi connectivity index (χ2n) is 5.54. The molecule has 0 aliphatic carbocycles. The molecule has 0 amide bonds. The summed E-state index contributed by atoms with van der Waals surface area (Å²) in [5.74, 6) is 1.97. The maximum Gasteiger partial charge on any atom is 0.195 e. The molecule has 1 aromatic carbocycles. The van der Waals surface area contributed by atoms with Crippen molar-refractivity contribution in [1.82, 2.24) is 15.3 Å². The van der Waals surface area contributed by atoms with Gasteiger partial charge in [-0.3, -0.25) is 0 Å². The molecule has 0 unspecified atom stereocenters. The van der Waals surface area contributed by atoms with E-state index in [-0.39, 0.29) is 0 Å². The third-order valence-corrected chi connectivity index (χ3v) is 3.22. The Balaban J connectivity index is 1.81. The first-order valence-electron chi connectivity index (χ1n) is 7.24. The molecule has 3 rings (SSSR count). The Morgan fingerprint density at radius 1 is 1.19 bits per heavy atom. The highest BCUT2D eigenvalue weighted by molar-refractivity contribution is 5.81. The molecule has 0 fully saturated rings. The van der Waals surface area contributed by atoms with Gasteiger partial charge in [-0.05, 0) is 30.7 Å².